The lowest BCUT2D eigenvalue weighted by atomic mass is 9.94. The van der Waals surface area contributed by atoms with E-state index in [0.717, 1.165) is 55.5 Å². The van der Waals surface area contributed by atoms with Crippen molar-refractivity contribution in [2.45, 2.75) is 0 Å². The van der Waals surface area contributed by atoms with Crippen molar-refractivity contribution in [2.75, 3.05) is 4.90 Å². The number of rotatable bonds is 6. The summed E-state index contributed by atoms with van der Waals surface area (Å²) in [5.41, 5.74) is 11.9. The monoisotopic (exact) mass is 719 g/mol. The van der Waals surface area contributed by atoms with Crippen LogP contribution >= 0.6 is 11.3 Å². The highest BCUT2D eigenvalue weighted by Gasteiger charge is 2.27. The summed E-state index contributed by atoms with van der Waals surface area (Å²) in [5, 5.41) is 6.99. The first-order valence-electron chi connectivity index (χ1n) is 18.7. The Morgan fingerprint density at radius 2 is 0.927 bits per heavy atom. The number of fused-ring (bicyclic) bond motifs is 8. The molecule has 2 aromatic heterocycles. The minimum absolute atomic E-state index is 0.858. The summed E-state index contributed by atoms with van der Waals surface area (Å²) in [6.07, 6.45) is 0. The first-order chi connectivity index (χ1) is 27.3. The van der Waals surface area contributed by atoms with Crippen LogP contribution in [-0.2, 0) is 0 Å². The van der Waals surface area contributed by atoms with E-state index in [1.807, 2.05) is 11.3 Å². The number of furan rings is 1. The first-order valence-corrected chi connectivity index (χ1v) is 19.5. The largest absolute Gasteiger partial charge is 0.453 e. The molecule has 9 aromatic carbocycles. The molecule has 0 unspecified atom stereocenters. The van der Waals surface area contributed by atoms with E-state index >= 15 is 0 Å². The highest BCUT2D eigenvalue weighted by atomic mass is 32.1. The van der Waals surface area contributed by atoms with Gasteiger partial charge >= 0.3 is 0 Å². The third-order valence-electron chi connectivity index (χ3n) is 10.9. The molecule has 2 nitrogen and oxygen atoms in total. The van der Waals surface area contributed by atoms with Gasteiger partial charge in [-0.2, -0.15) is 0 Å². The van der Waals surface area contributed by atoms with Crippen LogP contribution in [0.1, 0.15) is 0 Å². The summed E-state index contributed by atoms with van der Waals surface area (Å²) in [4.78, 5) is 2.44. The lowest BCUT2D eigenvalue weighted by Gasteiger charge is -2.28. The smallest absolute Gasteiger partial charge is 0.160 e. The maximum atomic E-state index is 7.30. The Labute approximate surface area is 322 Å². The number of benzene rings is 9. The van der Waals surface area contributed by atoms with Crippen molar-refractivity contribution in [1.82, 2.24) is 0 Å². The van der Waals surface area contributed by atoms with Crippen LogP contribution < -0.4 is 4.90 Å². The zero-order chi connectivity index (χ0) is 36.3. The van der Waals surface area contributed by atoms with Gasteiger partial charge in [0.1, 0.15) is 5.58 Å². The van der Waals surface area contributed by atoms with Gasteiger partial charge < -0.3 is 9.32 Å². The Balaban J connectivity index is 1.26. The summed E-state index contributed by atoms with van der Waals surface area (Å²) < 4.78 is 9.81. The van der Waals surface area contributed by atoms with Gasteiger partial charge in [0.15, 0.2) is 5.58 Å². The van der Waals surface area contributed by atoms with Crippen molar-refractivity contribution in [2.24, 2.45) is 0 Å². The van der Waals surface area contributed by atoms with Gasteiger partial charge in [0.05, 0.1) is 16.1 Å². The van der Waals surface area contributed by atoms with Crippen LogP contribution in [0.25, 0.3) is 86.3 Å². The maximum Gasteiger partial charge on any atom is 0.160 e. The Hall–Kier alpha value is -6.94. The van der Waals surface area contributed by atoms with Crippen LogP contribution in [0.5, 0.6) is 0 Å². The molecule has 0 radical (unpaired) electrons. The van der Waals surface area contributed by atoms with E-state index in [4.69, 9.17) is 4.42 Å². The van der Waals surface area contributed by atoms with Gasteiger partial charge in [-0.25, -0.2) is 0 Å². The second-order valence-corrected chi connectivity index (χ2v) is 15.1. The summed E-state index contributed by atoms with van der Waals surface area (Å²) in [7, 11) is 0. The molecule has 0 N–H and O–H groups in total. The number of hydrogen-bond acceptors (Lipinski definition) is 3. The average Bonchev–Trinajstić information content (AvgIpc) is 3.84. The zero-order valence-corrected chi connectivity index (χ0v) is 30.6. The predicted molar refractivity (Wildman–Crippen MR) is 235 cm³/mol. The molecule has 0 atom stereocenters. The van der Waals surface area contributed by atoms with Gasteiger partial charge in [-0.3, -0.25) is 0 Å². The van der Waals surface area contributed by atoms with Crippen LogP contribution in [0.3, 0.4) is 0 Å². The molecule has 0 spiro atoms. The molecular weight excluding hydrogens is 687 g/mol. The zero-order valence-electron chi connectivity index (χ0n) is 29.8. The molecule has 0 fully saturated rings. The van der Waals surface area contributed by atoms with Crippen molar-refractivity contribution in [1.29, 1.82) is 0 Å². The molecular formula is C52H33NOS. The Bertz CT molecular complexity index is 3180. The van der Waals surface area contributed by atoms with E-state index < -0.39 is 0 Å². The van der Waals surface area contributed by atoms with E-state index in [1.165, 1.54) is 47.8 Å². The van der Waals surface area contributed by atoms with E-state index in [0.29, 0.717) is 0 Å². The summed E-state index contributed by atoms with van der Waals surface area (Å²) in [5.74, 6) is 0. The normalized spacial score (nSPS) is 11.6. The van der Waals surface area contributed by atoms with E-state index in [2.05, 4.69) is 205 Å². The molecule has 0 saturated carbocycles. The fourth-order valence-corrected chi connectivity index (χ4v) is 9.51. The van der Waals surface area contributed by atoms with Gasteiger partial charge in [-0.15, -0.1) is 11.3 Å². The van der Waals surface area contributed by atoms with Crippen molar-refractivity contribution < 1.29 is 4.42 Å². The quantitative estimate of drug-likeness (QED) is 0.170. The Kier molecular flexibility index (Phi) is 7.39. The third kappa shape index (κ3) is 5.16. The molecule has 0 aliphatic rings. The average molecular weight is 720 g/mol. The highest BCUT2D eigenvalue weighted by Crippen LogP contribution is 2.52. The summed E-state index contributed by atoms with van der Waals surface area (Å²) in [6.45, 7) is 0. The molecule has 3 heteroatoms. The molecule has 0 aliphatic heterocycles. The maximum absolute atomic E-state index is 7.30. The second kappa shape index (κ2) is 12.9. The van der Waals surface area contributed by atoms with Crippen LogP contribution in [0.2, 0.25) is 0 Å². The lowest BCUT2D eigenvalue weighted by molar-refractivity contribution is 0.673. The molecule has 258 valence electrons. The lowest BCUT2D eigenvalue weighted by Crippen LogP contribution is -2.12. The topological polar surface area (TPSA) is 16.4 Å². The Morgan fingerprint density at radius 3 is 1.65 bits per heavy atom. The number of nitrogens with zero attached hydrogens (tertiary/aromatic N) is 1. The van der Waals surface area contributed by atoms with Crippen molar-refractivity contribution in [3.63, 3.8) is 0 Å². The molecule has 55 heavy (non-hydrogen) atoms. The minimum atomic E-state index is 0.858. The van der Waals surface area contributed by atoms with E-state index in [1.54, 1.807) is 0 Å². The second-order valence-electron chi connectivity index (χ2n) is 14.0. The van der Waals surface area contributed by atoms with Gasteiger partial charge in [-0.05, 0) is 69.6 Å². The van der Waals surface area contributed by atoms with Crippen LogP contribution in [0, 0.1) is 0 Å². The van der Waals surface area contributed by atoms with Crippen molar-refractivity contribution in [3.05, 3.63) is 200 Å². The number of thiophene rings is 1. The standard InChI is InChI=1S/C52H33NOS/c1-4-15-34(16-5-1)35-27-29-38(30-28-35)53(47-25-14-24-44-41-22-12-13-26-48(41)55-52(44)47)49-39(36-17-6-2-7-18-36)31-32-43-46-33-45(37-19-8-3-9-20-37)40-21-10-11-23-42(40)50(46)54-51(43)49/h1-33H. The fourth-order valence-electron chi connectivity index (χ4n) is 8.31. The molecule has 2 heterocycles. The summed E-state index contributed by atoms with van der Waals surface area (Å²) >= 11 is 1.85. The van der Waals surface area contributed by atoms with Crippen LogP contribution in [0.4, 0.5) is 17.1 Å². The van der Waals surface area contributed by atoms with Gasteiger partial charge in [-0.1, -0.05) is 164 Å². The third-order valence-corrected chi connectivity index (χ3v) is 12.1. The van der Waals surface area contributed by atoms with Gasteiger partial charge in [0, 0.05) is 42.9 Å². The SMILES string of the molecule is c1ccc(-c2ccc(N(c3c(-c4ccccc4)ccc4c3oc3c5ccccc5c(-c5ccccc5)cc43)c3cccc4c3sc3ccccc34)cc2)cc1. The van der Waals surface area contributed by atoms with Crippen molar-refractivity contribution in [3.8, 4) is 33.4 Å². The molecule has 11 aromatic rings. The van der Waals surface area contributed by atoms with Gasteiger partial charge in [0.2, 0.25) is 0 Å². The first kappa shape index (κ1) is 31.6. The van der Waals surface area contributed by atoms with Gasteiger partial charge in [0.25, 0.3) is 0 Å². The summed E-state index contributed by atoms with van der Waals surface area (Å²) in [6, 6.07) is 72.0. The van der Waals surface area contributed by atoms with E-state index in [9.17, 15) is 0 Å². The molecule has 0 aliphatic carbocycles. The molecule has 0 saturated heterocycles. The van der Waals surface area contributed by atoms with Crippen LogP contribution in [-0.4, -0.2) is 0 Å². The van der Waals surface area contributed by atoms with E-state index in [-0.39, 0.29) is 0 Å². The highest BCUT2D eigenvalue weighted by molar-refractivity contribution is 7.26. The van der Waals surface area contributed by atoms with Crippen molar-refractivity contribution >= 4 is 81.3 Å². The molecule has 11 rings (SSSR count). The molecule has 0 amide bonds. The van der Waals surface area contributed by atoms with Crippen LogP contribution in [0.15, 0.2) is 205 Å². The fraction of sp³-hybridized carbons (Fsp3) is 0. The number of anilines is 3. The minimum Gasteiger partial charge on any atom is -0.453 e. The Morgan fingerprint density at radius 1 is 0.364 bits per heavy atom. The molecule has 0 bridgehead atoms. The number of hydrogen-bond donors (Lipinski definition) is 0. The predicted octanol–water partition coefficient (Wildman–Crippen LogP) is 15.6.